The van der Waals surface area contributed by atoms with Gasteiger partial charge in [0.05, 0.1) is 5.69 Å². The molecule has 1 aromatic heterocycles. The van der Waals surface area contributed by atoms with Gasteiger partial charge in [-0.15, -0.1) is 4.68 Å². The average Bonchev–Trinajstić information content (AvgIpc) is 3.01. The predicted molar refractivity (Wildman–Crippen MR) is 76.3 cm³/mol. The van der Waals surface area contributed by atoms with Crippen molar-refractivity contribution in [3.8, 4) is 5.69 Å². The van der Waals surface area contributed by atoms with Crippen LogP contribution >= 0.6 is 0 Å². The van der Waals surface area contributed by atoms with Crippen molar-refractivity contribution in [2.45, 2.75) is 20.3 Å². The zero-order chi connectivity index (χ0) is 15.9. The number of halogens is 1. The van der Waals surface area contributed by atoms with E-state index in [9.17, 15) is 14.0 Å². The number of carbonyl (C=O) groups is 1. The number of tetrazole rings is 1. The number of aromatic nitrogens is 4. The summed E-state index contributed by atoms with van der Waals surface area (Å²) in [6.07, 6.45) is 0.867. The summed E-state index contributed by atoms with van der Waals surface area (Å²) in [5, 5.41) is 7.28. The number of nitrogens with zero attached hydrogens (tertiary/aromatic N) is 5. The molecule has 0 atom stereocenters. The third-order valence-corrected chi connectivity index (χ3v) is 3.76. The van der Waals surface area contributed by atoms with Crippen LogP contribution in [0.15, 0.2) is 29.1 Å². The first-order valence-corrected chi connectivity index (χ1v) is 6.98. The van der Waals surface area contributed by atoms with Gasteiger partial charge < -0.3 is 4.90 Å². The van der Waals surface area contributed by atoms with Crippen LogP contribution in [0.5, 0.6) is 0 Å². The van der Waals surface area contributed by atoms with Crippen molar-refractivity contribution < 1.29 is 9.18 Å². The summed E-state index contributed by atoms with van der Waals surface area (Å²) in [6, 6.07) is 4.90. The Balaban J connectivity index is 1.91. The van der Waals surface area contributed by atoms with E-state index in [0.29, 0.717) is 17.8 Å². The number of carbonyl (C=O) groups excluding carboxylic acids is 1. The number of rotatable bonds is 1. The van der Waals surface area contributed by atoms with Crippen molar-refractivity contribution in [2.75, 3.05) is 13.1 Å². The third-order valence-electron chi connectivity index (χ3n) is 3.76. The maximum absolute atomic E-state index is 13.2. The number of hydrogen-bond donors (Lipinski definition) is 0. The second kappa shape index (κ2) is 5.04. The van der Waals surface area contributed by atoms with E-state index in [1.54, 1.807) is 4.90 Å². The van der Waals surface area contributed by atoms with Gasteiger partial charge in [0.25, 0.3) is 0 Å². The van der Waals surface area contributed by atoms with Crippen LogP contribution in [0.25, 0.3) is 5.69 Å². The van der Waals surface area contributed by atoms with Crippen LogP contribution in [0.3, 0.4) is 0 Å². The van der Waals surface area contributed by atoms with E-state index in [4.69, 9.17) is 0 Å². The molecular formula is C14H16FN5O2. The first-order valence-electron chi connectivity index (χ1n) is 6.98. The quantitative estimate of drug-likeness (QED) is 0.744. The van der Waals surface area contributed by atoms with Gasteiger partial charge in [-0.1, -0.05) is 19.9 Å². The zero-order valence-corrected chi connectivity index (χ0v) is 12.4. The number of amides is 1. The molecule has 2 aromatic rings. The SMILES string of the molecule is CC1(C)CCN(C(=O)n2nnn(-c3cccc(F)c3)c2=O)C1. The van der Waals surface area contributed by atoms with Gasteiger partial charge >= 0.3 is 11.7 Å². The van der Waals surface area contributed by atoms with Crippen molar-refractivity contribution in [2.24, 2.45) is 5.41 Å². The molecule has 7 nitrogen and oxygen atoms in total. The maximum atomic E-state index is 13.2. The molecule has 0 radical (unpaired) electrons. The fourth-order valence-corrected chi connectivity index (χ4v) is 2.55. The molecule has 1 aromatic carbocycles. The van der Waals surface area contributed by atoms with Gasteiger partial charge in [0.1, 0.15) is 5.82 Å². The summed E-state index contributed by atoms with van der Waals surface area (Å²) < 4.78 is 14.9. The van der Waals surface area contributed by atoms with Crippen molar-refractivity contribution in [3.05, 3.63) is 40.6 Å². The van der Waals surface area contributed by atoms with Crippen LogP contribution in [0.1, 0.15) is 20.3 Å². The van der Waals surface area contributed by atoms with E-state index >= 15 is 0 Å². The molecule has 0 spiro atoms. The Bertz CT molecular complexity index is 780. The smallest absolute Gasteiger partial charge is 0.322 e. The molecule has 2 heterocycles. The van der Waals surface area contributed by atoms with E-state index in [1.807, 2.05) is 0 Å². The Morgan fingerprint density at radius 1 is 1.32 bits per heavy atom. The molecule has 8 heteroatoms. The molecule has 22 heavy (non-hydrogen) atoms. The molecule has 1 aliphatic rings. The lowest BCUT2D eigenvalue weighted by molar-refractivity contribution is 0.200. The second-order valence-corrected chi connectivity index (χ2v) is 6.18. The molecule has 116 valence electrons. The second-order valence-electron chi connectivity index (χ2n) is 6.18. The average molecular weight is 305 g/mol. The maximum Gasteiger partial charge on any atom is 0.377 e. The minimum atomic E-state index is -0.708. The highest BCUT2D eigenvalue weighted by Crippen LogP contribution is 2.28. The van der Waals surface area contributed by atoms with E-state index in [1.165, 1.54) is 18.2 Å². The van der Waals surface area contributed by atoms with Crippen molar-refractivity contribution in [1.82, 2.24) is 24.7 Å². The van der Waals surface area contributed by atoms with Crippen LogP contribution in [0.4, 0.5) is 9.18 Å². The fraction of sp³-hybridized carbons (Fsp3) is 0.429. The summed E-state index contributed by atoms with van der Waals surface area (Å²) in [4.78, 5) is 26.2. The normalized spacial score (nSPS) is 17.0. The van der Waals surface area contributed by atoms with Crippen LogP contribution in [-0.2, 0) is 0 Å². The highest BCUT2D eigenvalue weighted by atomic mass is 19.1. The van der Waals surface area contributed by atoms with Crippen LogP contribution in [-0.4, -0.2) is 43.8 Å². The molecule has 0 unspecified atom stereocenters. The Morgan fingerprint density at radius 2 is 2.09 bits per heavy atom. The summed E-state index contributed by atoms with van der Waals surface area (Å²) >= 11 is 0. The van der Waals surface area contributed by atoms with E-state index in [2.05, 4.69) is 24.3 Å². The number of benzene rings is 1. The lowest BCUT2D eigenvalue weighted by Gasteiger charge is -2.18. The minimum absolute atomic E-state index is 0.0256. The molecule has 1 saturated heterocycles. The largest absolute Gasteiger partial charge is 0.377 e. The highest BCUT2D eigenvalue weighted by Gasteiger charge is 2.34. The fourth-order valence-electron chi connectivity index (χ4n) is 2.55. The molecule has 3 rings (SSSR count). The molecule has 0 bridgehead atoms. The first kappa shape index (κ1) is 14.4. The summed E-state index contributed by atoms with van der Waals surface area (Å²) in [5.74, 6) is -0.494. The lowest BCUT2D eigenvalue weighted by atomic mass is 9.93. The van der Waals surface area contributed by atoms with E-state index in [-0.39, 0.29) is 11.1 Å². The van der Waals surface area contributed by atoms with Gasteiger partial charge in [0.2, 0.25) is 0 Å². The molecule has 0 saturated carbocycles. The van der Waals surface area contributed by atoms with Gasteiger partial charge in [-0.05, 0) is 40.5 Å². The third kappa shape index (κ3) is 2.51. The standard InChI is InChI=1S/C14H16FN5O2/c1-14(2)6-7-18(9-14)12(21)20-13(22)19(16-17-20)11-5-3-4-10(15)8-11/h3-5,8H,6-7,9H2,1-2H3. The molecule has 1 aliphatic heterocycles. The highest BCUT2D eigenvalue weighted by molar-refractivity contribution is 5.75. The van der Waals surface area contributed by atoms with Crippen molar-refractivity contribution in [3.63, 3.8) is 0 Å². The first-order chi connectivity index (χ1) is 10.4. The zero-order valence-electron chi connectivity index (χ0n) is 12.4. The molecule has 0 aliphatic carbocycles. The number of hydrogen-bond acceptors (Lipinski definition) is 4. The molecule has 1 amide bonds. The van der Waals surface area contributed by atoms with Gasteiger partial charge in [-0.25, -0.2) is 14.0 Å². The van der Waals surface area contributed by atoms with Crippen molar-refractivity contribution in [1.29, 1.82) is 0 Å². The Hall–Kier alpha value is -2.51. The minimum Gasteiger partial charge on any atom is -0.322 e. The Labute approximate surface area is 125 Å². The summed E-state index contributed by atoms with van der Waals surface area (Å²) in [5.41, 5.74) is -0.455. The van der Waals surface area contributed by atoms with Crippen LogP contribution in [0, 0.1) is 11.2 Å². The van der Waals surface area contributed by atoms with Gasteiger partial charge in [-0.3, -0.25) is 0 Å². The van der Waals surface area contributed by atoms with Crippen molar-refractivity contribution >= 4 is 6.03 Å². The lowest BCUT2D eigenvalue weighted by Crippen LogP contribution is -2.40. The molecule has 1 fully saturated rings. The Kier molecular flexibility index (Phi) is 3.31. The number of likely N-dealkylation sites (tertiary alicyclic amines) is 1. The topological polar surface area (TPSA) is 73.0 Å². The van der Waals surface area contributed by atoms with Crippen LogP contribution < -0.4 is 5.69 Å². The summed E-state index contributed by atoms with van der Waals surface area (Å²) in [6.45, 7) is 5.26. The predicted octanol–water partition coefficient (Wildman–Crippen LogP) is 1.27. The molecular weight excluding hydrogens is 289 g/mol. The van der Waals surface area contributed by atoms with Crippen LogP contribution in [0.2, 0.25) is 0 Å². The Morgan fingerprint density at radius 3 is 2.73 bits per heavy atom. The monoisotopic (exact) mass is 305 g/mol. The van der Waals surface area contributed by atoms with Gasteiger partial charge in [0, 0.05) is 13.1 Å². The van der Waals surface area contributed by atoms with Gasteiger partial charge in [0.15, 0.2) is 0 Å². The molecule has 0 N–H and O–H groups in total. The summed E-state index contributed by atoms with van der Waals surface area (Å²) in [7, 11) is 0. The van der Waals surface area contributed by atoms with E-state index in [0.717, 1.165) is 17.2 Å². The van der Waals surface area contributed by atoms with E-state index < -0.39 is 17.5 Å². The van der Waals surface area contributed by atoms with Gasteiger partial charge in [-0.2, -0.15) is 4.68 Å².